The van der Waals surface area contributed by atoms with Crippen molar-refractivity contribution in [2.75, 3.05) is 26.2 Å². The van der Waals surface area contributed by atoms with Gasteiger partial charge in [-0.1, -0.05) is 0 Å². The molecule has 0 saturated carbocycles. The van der Waals surface area contributed by atoms with E-state index in [4.69, 9.17) is 9.47 Å². The lowest BCUT2D eigenvalue weighted by Gasteiger charge is -2.36. The van der Waals surface area contributed by atoms with Crippen LogP contribution >= 0.6 is 0 Å². The summed E-state index contributed by atoms with van der Waals surface area (Å²) >= 11 is 0. The van der Waals surface area contributed by atoms with Gasteiger partial charge in [0.1, 0.15) is 5.60 Å². The topological polar surface area (TPSA) is 50.8 Å². The Morgan fingerprint density at radius 3 is 2.59 bits per heavy atom. The van der Waals surface area contributed by atoms with Crippen LogP contribution in [-0.4, -0.2) is 55.0 Å². The number of hydrogen-bond acceptors (Lipinski definition) is 4. The summed E-state index contributed by atoms with van der Waals surface area (Å²) in [6.45, 7) is 15.2. The van der Waals surface area contributed by atoms with Gasteiger partial charge in [-0.25, -0.2) is 4.79 Å². The monoisotopic (exact) mass is 314 g/mol. The summed E-state index contributed by atoms with van der Waals surface area (Å²) in [5, 5.41) is 3.51. The smallest absolute Gasteiger partial charge is 0.410 e. The highest BCUT2D eigenvalue weighted by Crippen LogP contribution is 2.21. The first kappa shape index (κ1) is 19.2. The van der Waals surface area contributed by atoms with Gasteiger partial charge in [-0.05, 0) is 60.3 Å². The lowest BCUT2D eigenvalue weighted by molar-refractivity contribution is 0.0144. The number of hydrogen-bond donors (Lipinski definition) is 1. The highest BCUT2D eigenvalue weighted by Gasteiger charge is 2.29. The number of carbonyl (C=O) groups excluding carboxylic acids is 1. The summed E-state index contributed by atoms with van der Waals surface area (Å²) in [7, 11) is 0. The highest BCUT2D eigenvalue weighted by molar-refractivity contribution is 5.68. The molecule has 0 aromatic rings. The molecule has 1 saturated heterocycles. The van der Waals surface area contributed by atoms with Crippen molar-refractivity contribution < 1.29 is 14.3 Å². The molecule has 1 aliphatic heterocycles. The maximum absolute atomic E-state index is 12.2. The molecule has 0 bridgehead atoms. The predicted molar refractivity (Wildman–Crippen MR) is 89.1 cm³/mol. The average molecular weight is 314 g/mol. The van der Waals surface area contributed by atoms with Crippen molar-refractivity contribution in [3.8, 4) is 0 Å². The Morgan fingerprint density at radius 2 is 2.00 bits per heavy atom. The van der Waals surface area contributed by atoms with Crippen molar-refractivity contribution in [1.82, 2.24) is 10.2 Å². The molecule has 1 heterocycles. The Hall–Kier alpha value is -0.810. The Balaban J connectivity index is 2.37. The second-order valence-electron chi connectivity index (χ2n) is 7.49. The minimum Gasteiger partial charge on any atom is -0.444 e. The molecular weight excluding hydrogens is 280 g/mol. The van der Waals surface area contributed by atoms with Crippen LogP contribution in [0.25, 0.3) is 0 Å². The molecule has 22 heavy (non-hydrogen) atoms. The van der Waals surface area contributed by atoms with Crippen LogP contribution in [0, 0.1) is 5.92 Å². The molecule has 1 fully saturated rings. The van der Waals surface area contributed by atoms with E-state index in [0.717, 1.165) is 39.1 Å². The van der Waals surface area contributed by atoms with Crippen LogP contribution in [0.2, 0.25) is 0 Å². The van der Waals surface area contributed by atoms with Crippen LogP contribution in [-0.2, 0) is 9.47 Å². The molecule has 1 N–H and O–H groups in total. The molecule has 130 valence electrons. The Morgan fingerprint density at radius 1 is 1.32 bits per heavy atom. The molecule has 1 amide bonds. The van der Waals surface area contributed by atoms with Crippen molar-refractivity contribution in [1.29, 1.82) is 0 Å². The van der Waals surface area contributed by atoms with E-state index in [9.17, 15) is 4.79 Å². The molecule has 0 aromatic carbocycles. The van der Waals surface area contributed by atoms with E-state index in [1.807, 2.05) is 39.5 Å². The number of carbonyl (C=O) groups is 1. The molecule has 0 aliphatic carbocycles. The van der Waals surface area contributed by atoms with Gasteiger partial charge in [-0.2, -0.15) is 0 Å². The average Bonchev–Trinajstić information content (AvgIpc) is 2.41. The molecule has 0 radical (unpaired) electrons. The zero-order valence-corrected chi connectivity index (χ0v) is 15.1. The Labute approximate surface area is 135 Å². The normalized spacial score (nSPS) is 21.0. The van der Waals surface area contributed by atoms with Crippen LogP contribution in [0.4, 0.5) is 4.79 Å². The fourth-order valence-electron chi connectivity index (χ4n) is 2.66. The SMILES string of the molecule is CC(C)OCCNC(C)C1CCCN(C(=O)OC(C)(C)C)C1. The lowest BCUT2D eigenvalue weighted by Crippen LogP contribution is -2.48. The summed E-state index contributed by atoms with van der Waals surface area (Å²) in [4.78, 5) is 14.0. The van der Waals surface area contributed by atoms with Gasteiger partial charge in [0.25, 0.3) is 0 Å². The minimum atomic E-state index is -0.428. The van der Waals surface area contributed by atoms with E-state index in [2.05, 4.69) is 12.2 Å². The number of rotatable bonds is 6. The standard InChI is InChI=1S/C17H34N2O3/c1-13(2)21-11-9-18-14(3)15-8-7-10-19(12-15)16(20)22-17(4,5)6/h13-15,18H,7-12H2,1-6H3. The Kier molecular flexibility index (Phi) is 7.63. The number of nitrogens with zero attached hydrogens (tertiary/aromatic N) is 1. The zero-order valence-electron chi connectivity index (χ0n) is 15.1. The molecule has 0 spiro atoms. The first-order chi connectivity index (χ1) is 10.2. The van der Waals surface area contributed by atoms with Crippen LogP contribution < -0.4 is 5.32 Å². The van der Waals surface area contributed by atoms with Gasteiger partial charge in [0, 0.05) is 25.7 Å². The fourth-order valence-corrected chi connectivity index (χ4v) is 2.66. The molecule has 1 aliphatic rings. The number of nitrogens with one attached hydrogen (secondary N) is 1. The van der Waals surface area contributed by atoms with E-state index in [1.54, 1.807) is 0 Å². The first-order valence-electron chi connectivity index (χ1n) is 8.52. The number of ether oxygens (including phenoxy) is 2. The van der Waals surface area contributed by atoms with Crippen LogP contribution in [0.15, 0.2) is 0 Å². The molecular formula is C17H34N2O3. The third-order valence-corrected chi connectivity index (χ3v) is 3.84. The molecule has 1 rings (SSSR count). The van der Waals surface area contributed by atoms with Crippen LogP contribution in [0.3, 0.4) is 0 Å². The zero-order chi connectivity index (χ0) is 16.8. The van der Waals surface area contributed by atoms with Crippen molar-refractivity contribution in [2.45, 2.75) is 72.1 Å². The molecule has 2 unspecified atom stereocenters. The first-order valence-corrected chi connectivity index (χ1v) is 8.52. The van der Waals surface area contributed by atoms with Gasteiger partial charge >= 0.3 is 6.09 Å². The van der Waals surface area contributed by atoms with E-state index in [1.165, 1.54) is 0 Å². The molecule has 2 atom stereocenters. The van der Waals surface area contributed by atoms with E-state index in [-0.39, 0.29) is 12.2 Å². The lowest BCUT2D eigenvalue weighted by atomic mass is 9.92. The van der Waals surface area contributed by atoms with Crippen molar-refractivity contribution in [3.63, 3.8) is 0 Å². The molecule has 0 aromatic heterocycles. The van der Waals surface area contributed by atoms with E-state index in [0.29, 0.717) is 12.0 Å². The maximum Gasteiger partial charge on any atom is 0.410 e. The van der Waals surface area contributed by atoms with Gasteiger partial charge in [0.05, 0.1) is 12.7 Å². The quantitative estimate of drug-likeness (QED) is 0.766. The largest absolute Gasteiger partial charge is 0.444 e. The maximum atomic E-state index is 12.2. The minimum absolute atomic E-state index is 0.187. The van der Waals surface area contributed by atoms with Gasteiger partial charge < -0.3 is 19.7 Å². The second kappa shape index (κ2) is 8.73. The highest BCUT2D eigenvalue weighted by atomic mass is 16.6. The molecule has 5 nitrogen and oxygen atoms in total. The number of likely N-dealkylation sites (tertiary alicyclic amines) is 1. The number of amides is 1. The predicted octanol–water partition coefficient (Wildman–Crippen LogP) is 3.04. The van der Waals surface area contributed by atoms with Crippen LogP contribution in [0.1, 0.15) is 54.4 Å². The van der Waals surface area contributed by atoms with Crippen LogP contribution in [0.5, 0.6) is 0 Å². The second-order valence-corrected chi connectivity index (χ2v) is 7.49. The van der Waals surface area contributed by atoms with Gasteiger partial charge in [-0.3, -0.25) is 0 Å². The third kappa shape index (κ3) is 7.45. The van der Waals surface area contributed by atoms with Crippen molar-refractivity contribution in [3.05, 3.63) is 0 Å². The number of piperidine rings is 1. The molecule has 5 heteroatoms. The Bertz CT molecular complexity index is 339. The van der Waals surface area contributed by atoms with E-state index < -0.39 is 5.60 Å². The third-order valence-electron chi connectivity index (χ3n) is 3.84. The summed E-state index contributed by atoms with van der Waals surface area (Å²) in [6, 6.07) is 0.376. The fraction of sp³-hybridized carbons (Fsp3) is 0.941. The summed E-state index contributed by atoms with van der Waals surface area (Å²) in [6.07, 6.45) is 2.28. The van der Waals surface area contributed by atoms with Gasteiger partial charge in [0.2, 0.25) is 0 Å². The van der Waals surface area contributed by atoms with Crippen molar-refractivity contribution in [2.24, 2.45) is 5.92 Å². The van der Waals surface area contributed by atoms with Gasteiger partial charge in [0.15, 0.2) is 0 Å². The van der Waals surface area contributed by atoms with E-state index >= 15 is 0 Å². The summed E-state index contributed by atoms with van der Waals surface area (Å²) < 4.78 is 11.0. The summed E-state index contributed by atoms with van der Waals surface area (Å²) in [5.74, 6) is 0.473. The van der Waals surface area contributed by atoms with Gasteiger partial charge in [-0.15, -0.1) is 0 Å². The summed E-state index contributed by atoms with van der Waals surface area (Å²) in [5.41, 5.74) is -0.428. The van der Waals surface area contributed by atoms with Crippen molar-refractivity contribution >= 4 is 6.09 Å².